The largest absolute Gasteiger partial charge is 0.462 e. The molecule has 6 atom stereocenters. The van der Waals surface area contributed by atoms with Gasteiger partial charge in [-0.2, -0.15) is 0 Å². The second-order valence-corrected chi connectivity index (χ2v) is 15.9. The molecule has 0 amide bonds. The zero-order chi connectivity index (χ0) is 39.5. The van der Waals surface area contributed by atoms with Crippen molar-refractivity contribution in [2.45, 2.75) is 250 Å². The Kier molecular flexibility index (Phi) is 33.9. The maximum atomic E-state index is 12.7. The first-order valence-corrected chi connectivity index (χ1v) is 22.6. The van der Waals surface area contributed by atoms with E-state index in [2.05, 4.69) is 13.8 Å². The van der Waals surface area contributed by atoms with Gasteiger partial charge in [-0.3, -0.25) is 9.59 Å². The third kappa shape index (κ3) is 27.3. The summed E-state index contributed by atoms with van der Waals surface area (Å²) in [4.78, 5) is 25.3. The highest BCUT2D eigenvalue weighted by atomic mass is 16.7. The monoisotopic (exact) mass is 773 g/mol. The zero-order valence-corrected chi connectivity index (χ0v) is 34.7. The minimum absolute atomic E-state index is 0.209. The summed E-state index contributed by atoms with van der Waals surface area (Å²) in [5.41, 5.74) is 0. The molecule has 0 aromatic heterocycles. The molecule has 0 aliphatic carbocycles. The van der Waals surface area contributed by atoms with Gasteiger partial charge < -0.3 is 39.4 Å². The van der Waals surface area contributed by atoms with Crippen LogP contribution in [0.5, 0.6) is 0 Å². The van der Waals surface area contributed by atoms with E-state index in [1.807, 2.05) is 0 Å². The quantitative estimate of drug-likeness (QED) is 0.0353. The summed E-state index contributed by atoms with van der Waals surface area (Å²) in [6, 6.07) is 0. The minimum Gasteiger partial charge on any atom is -0.462 e. The molecule has 0 unspecified atom stereocenters. The summed E-state index contributed by atoms with van der Waals surface area (Å²) < 4.78 is 22.2. The van der Waals surface area contributed by atoms with E-state index < -0.39 is 49.4 Å². The molecule has 1 aliphatic rings. The van der Waals surface area contributed by atoms with E-state index in [0.29, 0.717) is 6.42 Å². The van der Waals surface area contributed by atoms with Gasteiger partial charge in [0.25, 0.3) is 0 Å². The Balaban J connectivity index is 2.30. The van der Waals surface area contributed by atoms with E-state index in [0.717, 1.165) is 38.5 Å². The van der Waals surface area contributed by atoms with E-state index in [1.54, 1.807) is 0 Å². The number of esters is 2. The second-order valence-electron chi connectivity index (χ2n) is 15.9. The highest BCUT2D eigenvalue weighted by Gasteiger charge is 2.44. The van der Waals surface area contributed by atoms with E-state index in [-0.39, 0.29) is 32.0 Å². The molecule has 10 nitrogen and oxygen atoms in total. The third-order valence-corrected chi connectivity index (χ3v) is 10.7. The summed E-state index contributed by atoms with van der Waals surface area (Å²) in [6.45, 7) is 3.45. The van der Waals surface area contributed by atoms with Crippen LogP contribution in [0.4, 0.5) is 0 Å². The molecule has 0 saturated carbocycles. The van der Waals surface area contributed by atoms with Crippen LogP contribution in [0.2, 0.25) is 0 Å². The van der Waals surface area contributed by atoms with E-state index in [9.17, 15) is 30.0 Å². The van der Waals surface area contributed by atoms with Crippen LogP contribution in [0.1, 0.15) is 213 Å². The predicted molar refractivity (Wildman–Crippen MR) is 215 cm³/mol. The number of rotatable bonds is 38. The first-order valence-electron chi connectivity index (χ1n) is 22.6. The first kappa shape index (κ1) is 50.7. The van der Waals surface area contributed by atoms with Crippen molar-refractivity contribution in [3.05, 3.63) is 0 Å². The molecule has 54 heavy (non-hydrogen) atoms. The van der Waals surface area contributed by atoms with Crippen molar-refractivity contribution < 1.29 is 49.0 Å². The molecule has 10 heteroatoms. The number of hydrogen-bond donors (Lipinski definition) is 4. The Morgan fingerprint density at radius 3 is 1.26 bits per heavy atom. The number of carbonyl (C=O) groups excluding carboxylic acids is 2. The summed E-state index contributed by atoms with van der Waals surface area (Å²) >= 11 is 0. The molecule has 0 spiro atoms. The standard InChI is InChI=1S/C44H84O10/c1-3-5-7-9-11-13-15-17-18-19-21-22-24-26-28-30-32-39(46)51-35-37(36-52-44-43(50)42(49)41(48)38(34-45)54-44)53-40(47)33-31-29-27-25-23-20-16-14-12-10-8-6-4-2/h37-38,41-45,48-50H,3-36H2,1-2H3/t37-,38-,41+,42+,43-,44-/m1/s1. The molecule has 0 radical (unpaired) electrons. The highest BCUT2D eigenvalue weighted by Crippen LogP contribution is 2.23. The van der Waals surface area contributed by atoms with Crippen molar-refractivity contribution >= 4 is 11.9 Å². The average Bonchev–Trinajstić information content (AvgIpc) is 3.17. The van der Waals surface area contributed by atoms with E-state index in [1.165, 1.54) is 141 Å². The van der Waals surface area contributed by atoms with Gasteiger partial charge in [-0.15, -0.1) is 0 Å². The number of unbranched alkanes of at least 4 members (excludes halogenated alkanes) is 27. The summed E-state index contributed by atoms with van der Waals surface area (Å²) in [5.74, 6) is -0.792. The van der Waals surface area contributed by atoms with Crippen LogP contribution in [0.25, 0.3) is 0 Å². The van der Waals surface area contributed by atoms with Crippen LogP contribution in [0, 0.1) is 0 Å². The molecule has 1 saturated heterocycles. The molecule has 1 aliphatic heterocycles. The number of hydrogen-bond acceptors (Lipinski definition) is 10. The number of carbonyl (C=O) groups is 2. The van der Waals surface area contributed by atoms with Crippen LogP contribution in [0.15, 0.2) is 0 Å². The van der Waals surface area contributed by atoms with Crippen LogP contribution >= 0.6 is 0 Å². The van der Waals surface area contributed by atoms with Crippen molar-refractivity contribution in [2.75, 3.05) is 19.8 Å². The lowest BCUT2D eigenvalue weighted by Gasteiger charge is -2.39. The third-order valence-electron chi connectivity index (χ3n) is 10.7. The van der Waals surface area contributed by atoms with Gasteiger partial charge in [-0.25, -0.2) is 0 Å². The number of aliphatic hydroxyl groups excluding tert-OH is 4. The molecule has 4 N–H and O–H groups in total. The Bertz CT molecular complexity index is 855. The van der Waals surface area contributed by atoms with Gasteiger partial charge in [0, 0.05) is 12.8 Å². The normalized spacial score (nSPS) is 20.6. The maximum Gasteiger partial charge on any atom is 0.306 e. The van der Waals surface area contributed by atoms with Crippen LogP contribution < -0.4 is 0 Å². The fourth-order valence-corrected chi connectivity index (χ4v) is 7.13. The molecular formula is C44H84O10. The molecule has 0 aromatic rings. The minimum atomic E-state index is -1.59. The SMILES string of the molecule is CCCCCCCCCCCCCCCCCCC(=O)OC[C@H](CO[C@@H]1O[C@H](CO)[C@H](O)[C@H](O)[C@H]1O)OC(=O)CCCCCCCCCCCCCCC. The Labute approximate surface area is 329 Å². The zero-order valence-electron chi connectivity index (χ0n) is 34.7. The van der Waals surface area contributed by atoms with Crippen molar-refractivity contribution in [3.63, 3.8) is 0 Å². The van der Waals surface area contributed by atoms with Gasteiger partial charge in [0.1, 0.15) is 31.0 Å². The summed E-state index contributed by atoms with van der Waals surface area (Å²) in [6.07, 6.45) is 28.2. The van der Waals surface area contributed by atoms with Crippen molar-refractivity contribution in [2.24, 2.45) is 0 Å². The van der Waals surface area contributed by atoms with Crippen LogP contribution in [-0.4, -0.2) is 89.0 Å². The average molecular weight is 773 g/mol. The molecule has 0 bridgehead atoms. The van der Waals surface area contributed by atoms with Gasteiger partial charge in [0.05, 0.1) is 13.2 Å². The number of ether oxygens (including phenoxy) is 4. The summed E-state index contributed by atoms with van der Waals surface area (Å²) in [7, 11) is 0. The van der Waals surface area contributed by atoms with Gasteiger partial charge in [0.2, 0.25) is 0 Å². The van der Waals surface area contributed by atoms with Crippen LogP contribution in [-0.2, 0) is 28.5 Å². The topological polar surface area (TPSA) is 152 Å². The smallest absolute Gasteiger partial charge is 0.306 e. The molecule has 1 rings (SSSR count). The molecule has 0 aromatic carbocycles. The molecule has 1 heterocycles. The molecular weight excluding hydrogens is 688 g/mol. The first-order chi connectivity index (χ1) is 26.3. The summed E-state index contributed by atoms with van der Waals surface area (Å²) in [5, 5.41) is 40.0. The lowest BCUT2D eigenvalue weighted by Crippen LogP contribution is -2.59. The Hall–Kier alpha value is -1.30. The van der Waals surface area contributed by atoms with Crippen LogP contribution in [0.3, 0.4) is 0 Å². The maximum absolute atomic E-state index is 12.7. The fourth-order valence-electron chi connectivity index (χ4n) is 7.13. The van der Waals surface area contributed by atoms with E-state index >= 15 is 0 Å². The fraction of sp³-hybridized carbons (Fsp3) is 0.955. The second kappa shape index (κ2) is 36.1. The Morgan fingerprint density at radius 2 is 0.870 bits per heavy atom. The van der Waals surface area contributed by atoms with Crippen molar-refractivity contribution in [1.29, 1.82) is 0 Å². The van der Waals surface area contributed by atoms with E-state index in [4.69, 9.17) is 18.9 Å². The number of aliphatic hydroxyl groups is 4. The van der Waals surface area contributed by atoms with Gasteiger partial charge >= 0.3 is 11.9 Å². The van der Waals surface area contributed by atoms with Crippen molar-refractivity contribution in [3.8, 4) is 0 Å². The van der Waals surface area contributed by atoms with Gasteiger partial charge in [-0.05, 0) is 12.8 Å². The Morgan fingerprint density at radius 1 is 0.500 bits per heavy atom. The highest BCUT2D eigenvalue weighted by molar-refractivity contribution is 5.70. The lowest BCUT2D eigenvalue weighted by atomic mass is 9.99. The van der Waals surface area contributed by atoms with Gasteiger partial charge in [0.15, 0.2) is 12.4 Å². The molecule has 1 fully saturated rings. The van der Waals surface area contributed by atoms with Gasteiger partial charge in [-0.1, -0.05) is 187 Å². The predicted octanol–water partition coefficient (Wildman–Crippen LogP) is 9.39. The van der Waals surface area contributed by atoms with Crippen molar-refractivity contribution in [1.82, 2.24) is 0 Å². The molecule has 320 valence electrons. The lowest BCUT2D eigenvalue weighted by molar-refractivity contribution is -0.305.